The smallest absolute Gasteiger partial charge is 0.322 e. The van der Waals surface area contributed by atoms with E-state index >= 15 is 0 Å². The van der Waals surface area contributed by atoms with Gasteiger partial charge in [0, 0.05) is 24.1 Å². The van der Waals surface area contributed by atoms with Crippen molar-refractivity contribution in [1.29, 1.82) is 0 Å². The molecular formula is C14H19N3O2. The fraction of sp³-hybridized carbons (Fsp3) is 0.357. The molecule has 19 heavy (non-hydrogen) atoms. The van der Waals surface area contributed by atoms with Gasteiger partial charge in [-0.05, 0) is 25.7 Å². The molecule has 0 saturated carbocycles. The molecular weight excluding hydrogens is 242 g/mol. The number of aromatic nitrogens is 1. The predicted octanol–water partition coefficient (Wildman–Crippen LogP) is 1.11. The van der Waals surface area contributed by atoms with Crippen LogP contribution >= 0.6 is 0 Å². The maximum Gasteiger partial charge on any atom is 0.322 e. The first kappa shape index (κ1) is 13.6. The number of nitrogens with zero attached hydrogens (tertiary/aromatic N) is 1. The van der Waals surface area contributed by atoms with E-state index in [0.717, 1.165) is 16.5 Å². The first-order valence-electron chi connectivity index (χ1n) is 6.21. The molecule has 5 nitrogen and oxygen atoms in total. The van der Waals surface area contributed by atoms with E-state index in [-0.39, 0.29) is 6.04 Å². The summed E-state index contributed by atoms with van der Waals surface area (Å²) in [5, 5.41) is 16.3. The number of fused-ring (bicyclic) bond motifs is 1. The van der Waals surface area contributed by atoms with Gasteiger partial charge in [0.25, 0.3) is 0 Å². The summed E-state index contributed by atoms with van der Waals surface area (Å²) in [5.74, 6) is -0.866. The largest absolute Gasteiger partial charge is 0.480 e. The lowest BCUT2D eigenvalue weighted by atomic mass is 9.99. The zero-order chi connectivity index (χ0) is 14.0. The summed E-state index contributed by atoms with van der Waals surface area (Å²) in [4.78, 5) is 11.3. The topological polar surface area (TPSA) is 66.3 Å². The Morgan fingerprint density at radius 1 is 1.26 bits per heavy atom. The Labute approximate surface area is 112 Å². The molecule has 0 fully saturated rings. The van der Waals surface area contributed by atoms with Crippen molar-refractivity contribution in [2.75, 3.05) is 14.1 Å². The molecule has 2 unspecified atom stereocenters. The number of aryl methyl sites for hydroxylation is 1. The molecule has 0 aliphatic carbocycles. The molecule has 3 N–H and O–H groups in total. The van der Waals surface area contributed by atoms with Crippen LogP contribution in [0.25, 0.3) is 10.9 Å². The molecule has 0 radical (unpaired) electrons. The summed E-state index contributed by atoms with van der Waals surface area (Å²) in [6.07, 6.45) is 1.99. The van der Waals surface area contributed by atoms with Crippen LogP contribution in [-0.2, 0) is 11.8 Å². The second kappa shape index (κ2) is 5.42. The van der Waals surface area contributed by atoms with Crippen LogP contribution in [0.15, 0.2) is 30.5 Å². The minimum Gasteiger partial charge on any atom is -0.480 e. The highest BCUT2D eigenvalue weighted by Crippen LogP contribution is 2.27. The normalized spacial score (nSPS) is 14.5. The van der Waals surface area contributed by atoms with E-state index < -0.39 is 12.0 Å². The first-order chi connectivity index (χ1) is 9.10. The standard InChI is InChI=1S/C14H19N3O2/c1-15-12(13(16-2)14(18)19)10-8-17(3)11-7-5-4-6-9(10)11/h4-8,12-13,15-16H,1-3H3,(H,18,19). The zero-order valence-electron chi connectivity index (χ0n) is 11.3. The van der Waals surface area contributed by atoms with Crippen LogP contribution in [0.3, 0.4) is 0 Å². The number of likely N-dealkylation sites (N-methyl/N-ethyl adjacent to an activating group) is 2. The van der Waals surface area contributed by atoms with E-state index in [1.165, 1.54) is 0 Å². The van der Waals surface area contributed by atoms with E-state index in [1.807, 2.05) is 42.1 Å². The lowest BCUT2D eigenvalue weighted by molar-refractivity contribution is -0.140. The third-order valence-corrected chi connectivity index (χ3v) is 3.48. The van der Waals surface area contributed by atoms with Gasteiger partial charge < -0.3 is 20.3 Å². The Balaban J connectivity index is 2.55. The predicted molar refractivity (Wildman–Crippen MR) is 75.2 cm³/mol. The van der Waals surface area contributed by atoms with Crippen LogP contribution in [0.2, 0.25) is 0 Å². The number of hydrogen-bond acceptors (Lipinski definition) is 3. The number of hydrogen-bond donors (Lipinski definition) is 3. The second-order valence-corrected chi connectivity index (χ2v) is 4.58. The third-order valence-electron chi connectivity index (χ3n) is 3.48. The molecule has 1 heterocycles. The summed E-state index contributed by atoms with van der Waals surface area (Å²) in [7, 11) is 5.40. The molecule has 0 saturated heterocycles. The lowest BCUT2D eigenvalue weighted by Gasteiger charge is -2.22. The van der Waals surface area contributed by atoms with Crippen molar-refractivity contribution in [2.45, 2.75) is 12.1 Å². The van der Waals surface area contributed by atoms with Crippen LogP contribution in [0.1, 0.15) is 11.6 Å². The van der Waals surface area contributed by atoms with Crippen LogP contribution in [0, 0.1) is 0 Å². The van der Waals surface area contributed by atoms with Crippen molar-refractivity contribution in [1.82, 2.24) is 15.2 Å². The molecule has 1 aromatic heterocycles. The Morgan fingerprint density at radius 3 is 2.53 bits per heavy atom. The molecule has 2 rings (SSSR count). The van der Waals surface area contributed by atoms with Gasteiger partial charge in [-0.15, -0.1) is 0 Å². The minimum absolute atomic E-state index is 0.284. The number of carboxylic acids is 1. The molecule has 1 aromatic carbocycles. The molecule has 102 valence electrons. The molecule has 0 aliphatic rings. The molecule has 5 heteroatoms. The van der Waals surface area contributed by atoms with Crippen molar-refractivity contribution in [3.63, 3.8) is 0 Å². The van der Waals surface area contributed by atoms with E-state index in [9.17, 15) is 9.90 Å². The Morgan fingerprint density at radius 2 is 1.95 bits per heavy atom. The highest BCUT2D eigenvalue weighted by atomic mass is 16.4. The third kappa shape index (κ3) is 2.34. The minimum atomic E-state index is -0.866. The second-order valence-electron chi connectivity index (χ2n) is 4.58. The van der Waals surface area contributed by atoms with E-state index in [2.05, 4.69) is 10.6 Å². The van der Waals surface area contributed by atoms with Crippen LogP contribution in [-0.4, -0.2) is 35.8 Å². The van der Waals surface area contributed by atoms with Gasteiger partial charge in [0.1, 0.15) is 6.04 Å². The number of para-hydroxylation sites is 1. The van der Waals surface area contributed by atoms with Crippen molar-refractivity contribution < 1.29 is 9.90 Å². The number of carboxylic acid groups (broad SMARTS) is 1. The van der Waals surface area contributed by atoms with E-state index in [1.54, 1.807) is 14.1 Å². The molecule has 0 bridgehead atoms. The number of rotatable bonds is 5. The van der Waals surface area contributed by atoms with Crippen LogP contribution < -0.4 is 10.6 Å². The fourth-order valence-electron chi connectivity index (χ4n) is 2.56. The molecule has 2 atom stereocenters. The average molecular weight is 261 g/mol. The van der Waals surface area contributed by atoms with Crippen LogP contribution in [0.5, 0.6) is 0 Å². The van der Waals surface area contributed by atoms with E-state index in [0.29, 0.717) is 0 Å². The Hall–Kier alpha value is -1.85. The van der Waals surface area contributed by atoms with Gasteiger partial charge >= 0.3 is 5.97 Å². The SMILES string of the molecule is CNC(C(=O)O)C(NC)c1cn(C)c2ccccc12. The monoisotopic (exact) mass is 261 g/mol. The summed E-state index contributed by atoms with van der Waals surface area (Å²) in [5.41, 5.74) is 2.08. The highest BCUT2D eigenvalue weighted by Gasteiger charge is 2.28. The van der Waals surface area contributed by atoms with Crippen molar-refractivity contribution >= 4 is 16.9 Å². The van der Waals surface area contributed by atoms with E-state index in [4.69, 9.17) is 0 Å². The average Bonchev–Trinajstić information content (AvgIpc) is 2.73. The van der Waals surface area contributed by atoms with Gasteiger partial charge in [-0.1, -0.05) is 18.2 Å². The zero-order valence-corrected chi connectivity index (χ0v) is 11.3. The lowest BCUT2D eigenvalue weighted by Crippen LogP contribution is -2.44. The summed E-state index contributed by atoms with van der Waals surface area (Å²) < 4.78 is 2.02. The highest BCUT2D eigenvalue weighted by molar-refractivity contribution is 5.86. The van der Waals surface area contributed by atoms with Gasteiger partial charge in [-0.2, -0.15) is 0 Å². The number of benzene rings is 1. The summed E-state index contributed by atoms with van der Waals surface area (Å²) >= 11 is 0. The fourth-order valence-corrected chi connectivity index (χ4v) is 2.56. The van der Waals surface area contributed by atoms with Gasteiger partial charge in [0.2, 0.25) is 0 Å². The van der Waals surface area contributed by atoms with Gasteiger partial charge in [0.15, 0.2) is 0 Å². The summed E-state index contributed by atoms with van der Waals surface area (Å²) in [6.45, 7) is 0. The molecule has 2 aromatic rings. The molecule has 0 aliphatic heterocycles. The first-order valence-corrected chi connectivity index (χ1v) is 6.21. The molecule has 0 amide bonds. The van der Waals surface area contributed by atoms with Crippen molar-refractivity contribution in [3.8, 4) is 0 Å². The molecule has 0 spiro atoms. The van der Waals surface area contributed by atoms with Crippen molar-refractivity contribution in [3.05, 3.63) is 36.0 Å². The number of nitrogens with one attached hydrogen (secondary N) is 2. The van der Waals surface area contributed by atoms with Crippen molar-refractivity contribution in [2.24, 2.45) is 7.05 Å². The maximum atomic E-state index is 11.3. The summed E-state index contributed by atoms with van der Waals surface area (Å²) in [6, 6.07) is 7.04. The number of carbonyl (C=O) groups is 1. The van der Waals surface area contributed by atoms with Gasteiger partial charge in [-0.3, -0.25) is 4.79 Å². The Kier molecular flexibility index (Phi) is 3.87. The van der Waals surface area contributed by atoms with Crippen LogP contribution in [0.4, 0.5) is 0 Å². The number of aliphatic carboxylic acids is 1. The maximum absolute atomic E-state index is 11.3. The van der Waals surface area contributed by atoms with Gasteiger partial charge in [-0.25, -0.2) is 0 Å². The Bertz CT molecular complexity index is 591. The quantitative estimate of drug-likeness (QED) is 0.754. The van der Waals surface area contributed by atoms with Gasteiger partial charge in [0.05, 0.1) is 6.04 Å².